The van der Waals surface area contributed by atoms with Crippen LogP contribution < -0.4 is 4.74 Å². The largest absolute Gasteiger partial charge is 0.482 e. The fourth-order valence-corrected chi connectivity index (χ4v) is 5.43. The summed E-state index contributed by atoms with van der Waals surface area (Å²) in [5.41, 5.74) is 1.55. The lowest BCUT2D eigenvalue weighted by Crippen LogP contribution is -2.41. The topological polar surface area (TPSA) is 89.0 Å². The minimum Gasteiger partial charge on any atom is -0.482 e. The molecule has 0 radical (unpaired) electrons. The van der Waals surface area contributed by atoms with Gasteiger partial charge in [0, 0.05) is 17.1 Å². The minimum atomic E-state index is -1.20. The molecule has 1 aliphatic heterocycles. The Morgan fingerprint density at radius 1 is 1.14 bits per heavy atom. The highest BCUT2D eigenvalue weighted by Crippen LogP contribution is 2.42. The van der Waals surface area contributed by atoms with Crippen molar-refractivity contribution in [1.82, 2.24) is 9.88 Å². The maximum atomic E-state index is 14.8. The van der Waals surface area contributed by atoms with Crippen molar-refractivity contribution in [2.45, 2.75) is 19.1 Å². The number of ether oxygens (including phenoxy) is 2. The van der Waals surface area contributed by atoms with Crippen molar-refractivity contribution >= 4 is 45.2 Å². The molecule has 3 aromatic carbocycles. The van der Waals surface area contributed by atoms with Crippen molar-refractivity contribution in [3.05, 3.63) is 93.0 Å². The molecule has 5 rings (SSSR count). The highest BCUT2D eigenvalue weighted by molar-refractivity contribution is 7.18. The van der Waals surface area contributed by atoms with Crippen LogP contribution in [-0.4, -0.2) is 40.2 Å². The molecule has 11 heteroatoms. The van der Waals surface area contributed by atoms with Gasteiger partial charge in [-0.15, -0.1) is 11.3 Å². The second-order valence-corrected chi connectivity index (χ2v) is 9.82. The second-order valence-electron chi connectivity index (χ2n) is 8.27. The molecule has 0 bridgehead atoms. The van der Waals surface area contributed by atoms with Gasteiger partial charge in [0.15, 0.2) is 18.2 Å². The summed E-state index contributed by atoms with van der Waals surface area (Å²) in [7, 11) is 0. The minimum absolute atomic E-state index is 0.0155. The van der Waals surface area contributed by atoms with Gasteiger partial charge >= 0.3 is 12.1 Å². The zero-order valence-electron chi connectivity index (χ0n) is 19.1. The average molecular weight is 545 g/mol. The summed E-state index contributed by atoms with van der Waals surface area (Å²) in [5, 5.41) is 9.98. The first-order valence-electron chi connectivity index (χ1n) is 11.2. The lowest BCUT2D eigenvalue weighted by Gasteiger charge is -2.37. The van der Waals surface area contributed by atoms with Crippen molar-refractivity contribution in [3.63, 3.8) is 0 Å². The third-order valence-electron chi connectivity index (χ3n) is 5.95. The maximum absolute atomic E-state index is 14.8. The Hall–Kier alpha value is -3.76. The first-order valence-corrected chi connectivity index (χ1v) is 12.4. The second kappa shape index (κ2) is 10.3. The predicted molar refractivity (Wildman–Crippen MR) is 133 cm³/mol. The SMILES string of the molecule is O=C(O)COc1ccc(Cl)cc1[C@@H]1c2ccc(F)c(F)c2CCN1C(=O)OCc1nc2ccccc2s1. The molecule has 0 saturated carbocycles. The fraction of sp³-hybridized carbons (Fsp3) is 0.192. The first-order chi connectivity index (χ1) is 17.8. The van der Waals surface area contributed by atoms with Crippen molar-refractivity contribution in [2.75, 3.05) is 13.2 Å². The van der Waals surface area contributed by atoms with Gasteiger partial charge in [0.2, 0.25) is 0 Å². The molecule has 0 unspecified atom stereocenters. The van der Waals surface area contributed by atoms with E-state index >= 15 is 0 Å². The standard InChI is InChI=1S/C26H19ClF2N2O5S/c27-14-5-8-20(35-13-23(32)33)17(11-14)25-16-6-7-18(28)24(29)15(16)9-10-31(25)26(34)36-12-22-30-19-3-1-2-4-21(19)37-22/h1-8,11,25H,9-10,12-13H2,(H,32,33)/t25-/m0/s1. The number of aliphatic carboxylic acids is 1. The Labute approximate surface area is 218 Å². The molecule has 7 nitrogen and oxygen atoms in total. The number of carbonyl (C=O) groups excluding carboxylic acids is 1. The van der Waals surface area contributed by atoms with Crippen molar-refractivity contribution < 1.29 is 33.0 Å². The van der Waals surface area contributed by atoms with E-state index in [4.69, 9.17) is 26.2 Å². The highest BCUT2D eigenvalue weighted by atomic mass is 35.5. The third-order valence-corrected chi connectivity index (χ3v) is 7.20. The number of amides is 1. The van der Waals surface area contributed by atoms with Gasteiger partial charge in [0.05, 0.1) is 16.3 Å². The number of aromatic nitrogens is 1. The molecule has 0 spiro atoms. The number of halogens is 3. The smallest absolute Gasteiger partial charge is 0.410 e. The molecule has 0 aliphatic carbocycles. The number of rotatable bonds is 6. The van der Waals surface area contributed by atoms with Gasteiger partial charge in [-0.2, -0.15) is 0 Å². The number of hydrogen-bond donors (Lipinski definition) is 1. The van der Waals surface area contributed by atoms with Crippen LogP contribution in [0, 0.1) is 11.6 Å². The highest BCUT2D eigenvalue weighted by Gasteiger charge is 2.37. The number of thiazole rings is 1. The number of benzene rings is 3. The Morgan fingerprint density at radius 3 is 2.73 bits per heavy atom. The molecule has 1 amide bonds. The molecule has 4 aromatic rings. The predicted octanol–water partition coefficient (Wildman–Crippen LogP) is 5.98. The molecule has 190 valence electrons. The molecular formula is C26H19ClF2N2O5S. The van der Waals surface area contributed by atoms with Crippen LogP contribution in [0.15, 0.2) is 54.6 Å². The van der Waals surface area contributed by atoms with Crippen LogP contribution in [-0.2, 0) is 22.6 Å². The molecular weight excluding hydrogens is 526 g/mol. The van der Waals surface area contributed by atoms with Gasteiger partial charge in [-0.05, 0) is 53.9 Å². The van der Waals surface area contributed by atoms with E-state index < -0.39 is 36.3 Å². The van der Waals surface area contributed by atoms with E-state index in [0.29, 0.717) is 16.1 Å². The zero-order valence-corrected chi connectivity index (χ0v) is 20.7. The van der Waals surface area contributed by atoms with Gasteiger partial charge in [0.25, 0.3) is 0 Å². The summed E-state index contributed by atoms with van der Waals surface area (Å²) in [6.45, 7) is -0.709. The summed E-state index contributed by atoms with van der Waals surface area (Å²) in [5.74, 6) is -3.07. The van der Waals surface area contributed by atoms with E-state index in [1.54, 1.807) is 0 Å². The Kier molecular flexibility index (Phi) is 6.94. The third kappa shape index (κ3) is 5.07. The van der Waals surface area contributed by atoms with Gasteiger partial charge in [-0.3, -0.25) is 4.90 Å². The fourth-order valence-electron chi connectivity index (χ4n) is 4.37. The summed E-state index contributed by atoms with van der Waals surface area (Å²) in [6, 6.07) is 13.4. The molecule has 1 N–H and O–H groups in total. The Bertz CT molecular complexity index is 1480. The Balaban J connectivity index is 1.51. The normalized spacial score (nSPS) is 14.9. The first kappa shape index (κ1) is 24.9. The molecule has 1 atom stereocenters. The van der Waals surface area contributed by atoms with Crippen LogP contribution in [0.25, 0.3) is 10.2 Å². The van der Waals surface area contributed by atoms with Crippen LogP contribution >= 0.6 is 22.9 Å². The van der Waals surface area contributed by atoms with E-state index in [-0.39, 0.29) is 35.9 Å². The van der Waals surface area contributed by atoms with E-state index in [1.807, 2.05) is 24.3 Å². The van der Waals surface area contributed by atoms with Crippen LogP contribution in [0.4, 0.5) is 13.6 Å². The lowest BCUT2D eigenvalue weighted by atomic mass is 9.87. The molecule has 0 fully saturated rings. The quantitative estimate of drug-likeness (QED) is 0.321. The van der Waals surface area contributed by atoms with E-state index in [0.717, 1.165) is 16.3 Å². The molecule has 0 saturated heterocycles. The van der Waals surface area contributed by atoms with E-state index in [9.17, 15) is 18.4 Å². The van der Waals surface area contributed by atoms with Gasteiger partial charge in [-0.1, -0.05) is 29.8 Å². The van der Waals surface area contributed by atoms with Crippen molar-refractivity contribution in [3.8, 4) is 5.75 Å². The van der Waals surface area contributed by atoms with Crippen molar-refractivity contribution in [2.24, 2.45) is 0 Å². The summed E-state index contributed by atoms with van der Waals surface area (Å²) < 4.78 is 40.8. The summed E-state index contributed by atoms with van der Waals surface area (Å²) in [6.07, 6.45) is -0.652. The van der Waals surface area contributed by atoms with Crippen LogP contribution in [0.3, 0.4) is 0 Å². The van der Waals surface area contributed by atoms with Gasteiger partial charge in [0.1, 0.15) is 17.4 Å². The van der Waals surface area contributed by atoms with Gasteiger partial charge < -0.3 is 14.6 Å². The zero-order chi connectivity index (χ0) is 26.1. The molecule has 2 heterocycles. The average Bonchev–Trinajstić information content (AvgIpc) is 3.31. The molecule has 37 heavy (non-hydrogen) atoms. The maximum Gasteiger partial charge on any atom is 0.410 e. The van der Waals surface area contributed by atoms with E-state index in [1.165, 1.54) is 40.5 Å². The number of para-hydroxylation sites is 1. The number of carbonyl (C=O) groups is 2. The number of carboxylic acid groups (broad SMARTS) is 1. The number of fused-ring (bicyclic) bond motifs is 2. The molecule has 1 aliphatic rings. The Morgan fingerprint density at radius 2 is 1.95 bits per heavy atom. The molecule has 1 aromatic heterocycles. The van der Waals surface area contributed by atoms with Crippen LogP contribution in [0.2, 0.25) is 5.02 Å². The number of hydrogen-bond acceptors (Lipinski definition) is 6. The number of carboxylic acids is 1. The van der Waals surface area contributed by atoms with Crippen molar-refractivity contribution in [1.29, 1.82) is 0 Å². The summed E-state index contributed by atoms with van der Waals surface area (Å²) in [4.78, 5) is 30.3. The van der Waals surface area contributed by atoms with Crippen LogP contribution in [0.1, 0.15) is 27.7 Å². The summed E-state index contributed by atoms with van der Waals surface area (Å²) >= 11 is 7.64. The van der Waals surface area contributed by atoms with Gasteiger partial charge in [-0.25, -0.2) is 23.4 Å². The number of nitrogens with zero attached hydrogens (tertiary/aromatic N) is 2. The monoisotopic (exact) mass is 544 g/mol. The lowest BCUT2D eigenvalue weighted by molar-refractivity contribution is -0.139. The van der Waals surface area contributed by atoms with E-state index in [2.05, 4.69) is 4.98 Å². The van der Waals surface area contributed by atoms with Crippen LogP contribution in [0.5, 0.6) is 5.75 Å².